The maximum Gasteiger partial charge on any atom is 0.387 e. The second-order valence-corrected chi connectivity index (χ2v) is 8.23. The molecular formula is C24H19F2N3O5S. The molecule has 1 amide bonds. The van der Waals surface area contributed by atoms with Gasteiger partial charge in [-0.15, -0.1) is 11.3 Å². The van der Waals surface area contributed by atoms with Crippen LogP contribution in [-0.2, 0) is 9.53 Å². The smallest absolute Gasteiger partial charge is 0.387 e. The first-order chi connectivity index (χ1) is 16.8. The molecule has 8 nitrogen and oxygen atoms in total. The third-order valence-electron chi connectivity index (χ3n) is 4.96. The monoisotopic (exact) mass is 499 g/mol. The fraction of sp³-hybridized carbons (Fsp3) is 0.167. The Morgan fingerprint density at radius 3 is 2.66 bits per heavy atom. The minimum absolute atomic E-state index is 0.0346. The number of aromatic nitrogens is 2. The summed E-state index contributed by atoms with van der Waals surface area (Å²) in [6.45, 7) is -1.96. The number of rotatable bonds is 8. The lowest BCUT2D eigenvalue weighted by atomic mass is 10.1. The van der Waals surface area contributed by atoms with E-state index in [2.05, 4.69) is 20.0 Å². The van der Waals surface area contributed by atoms with Gasteiger partial charge in [0.15, 0.2) is 11.9 Å². The van der Waals surface area contributed by atoms with Gasteiger partial charge in [0, 0.05) is 16.5 Å². The molecule has 4 rings (SSSR count). The van der Waals surface area contributed by atoms with Gasteiger partial charge in [0.05, 0.1) is 5.39 Å². The Morgan fingerprint density at radius 2 is 1.91 bits per heavy atom. The van der Waals surface area contributed by atoms with Crippen molar-refractivity contribution in [1.29, 1.82) is 0 Å². The molecule has 2 heterocycles. The van der Waals surface area contributed by atoms with Crippen molar-refractivity contribution in [3.63, 3.8) is 0 Å². The first kappa shape index (κ1) is 24.0. The number of carbonyl (C=O) groups excluding carboxylic acids is 2. The van der Waals surface area contributed by atoms with Gasteiger partial charge in [0.1, 0.15) is 17.1 Å². The topological polar surface area (TPSA) is 110 Å². The number of halogens is 2. The number of benzene rings is 2. The highest BCUT2D eigenvalue weighted by atomic mass is 32.1. The lowest BCUT2D eigenvalue weighted by Gasteiger charge is -2.13. The molecule has 0 aliphatic heterocycles. The van der Waals surface area contributed by atoms with Crippen LogP contribution in [0.1, 0.15) is 29.2 Å². The highest BCUT2D eigenvalue weighted by Crippen LogP contribution is 2.31. The molecule has 1 atom stereocenters. The number of hydrogen-bond acceptors (Lipinski definition) is 7. The van der Waals surface area contributed by atoms with Crippen molar-refractivity contribution in [3.8, 4) is 16.9 Å². The van der Waals surface area contributed by atoms with Crippen LogP contribution in [0.2, 0.25) is 0 Å². The molecule has 0 spiro atoms. The van der Waals surface area contributed by atoms with E-state index in [4.69, 9.17) is 4.74 Å². The van der Waals surface area contributed by atoms with Crippen LogP contribution < -0.4 is 15.6 Å². The van der Waals surface area contributed by atoms with Gasteiger partial charge in [0.2, 0.25) is 0 Å². The van der Waals surface area contributed by atoms with Crippen molar-refractivity contribution in [1.82, 2.24) is 15.3 Å². The predicted molar refractivity (Wildman–Crippen MR) is 126 cm³/mol. The second kappa shape index (κ2) is 10.4. The number of amides is 1. The highest BCUT2D eigenvalue weighted by molar-refractivity contribution is 7.17. The first-order valence-electron chi connectivity index (χ1n) is 10.4. The summed E-state index contributed by atoms with van der Waals surface area (Å²) in [5.41, 5.74) is 1.33. The summed E-state index contributed by atoms with van der Waals surface area (Å²) in [5, 5.41) is 4.65. The van der Waals surface area contributed by atoms with Gasteiger partial charge < -0.3 is 19.8 Å². The van der Waals surface area contributed by atoms with Crippen molar-refractivity contribution < 1.29 is 27.8 Å². The standard InChI is InChI=1S/C24H19F2N3O5S/c1-13(33-18(30)11-27-21(31)15-8-5-9-16(10-15)34-24(25)26)20-28-22(32)19-17(12-35-23(19)29-20)14-6-3-2-4-7-14/h2-10,12-13,24H,11H2,1H3,(H,27,31)(H,28,29,32)/t13-/m1/s1. The maximum atomic E-state index is 12.8. The van der Waals surface area contributed by atoms with E-state index in [1.54, 1.807) is 6.92 Å². The third-order valence-corrected chi connectivity index (χ3v) is 5.83. The number of hydrogen-bond donors (Lipinski definition) is 2. The normalized spacial score (nSPS) is 11.9. The van der Waals surface area contributed by atoms with E-state index in [0.29, 0.717) is 10.2 Å². The first-order valence-corrected chi connectivity index (χ1v) is 11.3. The van der Waals surface area contributed by atoms with E-state index in [1.165, 1.54) is 29.5 Å². The zero-order valence-electron chi connectivity index (χ0n) is 18.3. The average molecular weight is 499 g/mol. The molecule has 4 aromatic rings. The van der Waals surface area contributed by atoms with Gasteiger partial charge in [-0.2, -0.15) is 8.78 Å². The van der Waals surface area contributed by atoms with Gasteiger partial charge >= 0.3 is 12.6 Å². The van der Waals surface area contributed by atoms with Gasteiger partial charge in [0.25, 0.3) is 11.5 Å². The summed E-state index contributed by atoms with van der Waals surface area (Å²) < 4.78 is 34.2. The molecule has 0 aliphatic carbocycles. The van der Waals surface area contributed by atoms with Gasteiger partial charge in [-0.05, 0) is 30.7 Å². The van der Waals surface area contributed by atoms with Crippen molar-refractivity contribution in [2.45, 2.75) is 19.6 Å². The zero-order chi connectivity index (χ0) is 24.9. The molecule has 0 aliphatic rings. The van der Waals surface area contributed by atoms with E-state index in [0.717, 1.165) is 17.2 Å². The SMILES string of the molecule is C[C@@H](OC(=O)CNC(=O)c1cccc(OC(F)F)c1)c1nc2scc(-c3ccccc3)c2c(=O)[nH]1. The molecular weight excluding hydrogens is 480 g/mol. The maximum absolute atomic E-state index is 12.8. The predicted octanol–water partition coefficient (Wildman–Crippen LogP) is 4.29. The molecule has 2 aromatic heterocycles. The summed E-state index contributed by atoms with van der Waals surface area (Å²) in [7, 11) is 0. The van der Waals surface area contributed by atoms with Crippen LogP contribution in [0, 0.1) is 0 Å². The Kier molecular flexibility index (Phi) is 7.16. The number of H-pyrrole nitrogens is 1. The Morgan fingerprint density at radius 1 is 1.14 bits per heavy atom. The highest BCUT2D eigenvalue weighted by Gasteiger charge is 2.19. The number of aromatic amines is 1. The number of ether oxygens (including phenoxy) is 2. The van der Waals surface area contributed by atoms with E-state index < -0.39 is 31.1 Å². The average Bonchev–Trinajstić information content (AvgIpc) is 3.27. The summed E-state index contributed by atoms with van der Waals surface area (Å²) in [4.78, 5) is 44.8. The van der Waals surface area contributed by atoms with Crippen LogP contribution in [0.5, 0.6) is 5.75 Å². The number of carbonyl (C=O) groups is 2. The van der Waals surface area contributed by atoms with Crippen LogP contribution in [0.25, 0.3) is 21.3 Å². The Hall–Kier alpha value is -4.12. The van der Waals surface area contributed by atoms with E-state index in [-0.39, 0.29) is 22.7 Å². The van der Waals surface area contributed by atoms with Gasteiger partial charge in [-0.3, -0.25) is 14.4 Å². The fourth-order valence-corrected chi connectivity index (χ4v) is 4.31. The molecule has 2 N–H and O–H groups in total. The minimum atomic E-state index is -3.02. The molecule has 0 saturated carbocycles. The summed E-state index contributed by atoms with van der Waals surface area (Å²) >= 11 is 1.30. The van der Waals surface area contributed by atoms with Crippen molar-refractivity contribution in [3.05, 3.63) is 81.7 Å². The molecule has 180 valence electrons. The van der Waals surface area contributed by atoms with Crippen molar-refractivity contribution in [2.75, 3.05) is 6.54 Å². The lowest BCUT2D eigenvalue weighted by molar-refractivity contribution is -0.147. The Labute approximate surface area is 201 Å². The number of nitrogens with zero attached hydrogens (tertiary/aromatic N) is 1. The van der Waals surface area contributed by atoms with Crippen LogP contribution in [0.4, 0.5) is 8.78 Å². The molecule has 0 bridgehead atoms. The van der Waals surface area contributed by atoms with Crippen LogP contribution in [-0.4, -0.2) is 35.0 Å². The van der Waals surface area contributed by atoms with Crippen LogP contribution >= 0.6 is 11.3 Å². The number of nitrogens with one attached hydrogen (secondary N) is 2. The number of esters is 1. The summed E-state index contributed by atoms with van der Waals surface area (Å²) in [6, 6.07) is 14.6. The number of fused-ring (bicyclic) bond motifs is 1. The second-order valence-electron chi connectivity index (χ2n) is 7.37. The number of thiophene rings is 1. The molecule has 0 fully saturated rings. The lowest BCUT2D eigenvalue weighted by Crippen LogP contribution is -2.31. The Bertz CT molecular complexity index is 1420. The van der Waals surface area contributed by atoms with Crippen LogP contribution in [0.15, 0.2) is 64.8 Å². The number of alkyl halides is 2. The van der Waals surface area contributed by atoms with Crippen LogP contribution in [0.3, 0.4) is 0 Å². The summed E-state index contributed by atoms with van der Waals surface area (Å²) in [5.74, 6) is -1.46. The quantitative estimate of drug-likeness (QED) is 0.350. The van der Waals surface area contributed by atoms with E-state index in [1.807, 2.05) is 35.7 Å². The molecule has 0 saturated heterocycles. The van der Waals surface area contributed by atoms with E-state index in [9.17, 15) is 23.2 Å². The Balaban J connectivity index is 1.40. The third kappa shape index (κ3) is 5.69. The van der Waals surface area contributed by atoms with E-state index >= 15 is 0 Å². The van der Waals surface area contributed by atoms with Crippen molar-refractivity contribution >= 4 is 33.4 Å². The molecule has 0 radical (unpaired) electrons. The molecule has 0 unspecified atom stereocenters. The minimum Gasteiger partial charge on any atom is -0.453 e. The molecule has 2 aromatic carbocycles. The fourth-order valence-electron chi connectivity index (χ4n) is 3.35. The van der Waals surface area contributed by atoms with Crippen molar-refractivity contribution in [2.24, 2.45) is 0 Å². The molecule has 11 heteroatoms. The summed E-state index contributed by atoms with van der Waals surface area (Å²) in [6.07, 6.45) is -0.887. The molecule has 35 heavy (non-hydrogen) atoms. The largest absolute Gasteiger partial charge is 0.453 e. The van der Waals surface area contributed by atoms with Gasteiger partial charge in [-0.1, -0.05) is 36.4 Å². The van der Waals surface area contributed by atoms with Gasteiger partial charge in [-0.25, -0.2) is 4.98 Å². The zero-order valence-corrected chi connectivity index (χ0v) is 19.1.